The summed E-state index contributed by atoms with van der Waals surface area (Å²) in [5.74, 6) is 0.950. The van der Waals surface area contributed by atoms with Gasteiger partial charge in [-0.25, -0.2) is 0 Å². The molecule has 0 unspecified atom stereocenters. The van der Waals surface area contributed by atoms with Gasteiger partial charge in [0.05, 0.1) is 12.9 Å². The average molecular weight is 170 g/mol. The van der Waals surface area contributed by atoms with Crippen molar-refractivity contribution in [3.05, 3.63) is 23.2 Å². The van der Waals surface area contributed by atoms with E-state index in [9.17, 15) is 0 Å². The minimum Gasteiger partial charge on any atom is -0.469 e. The SMILES string of the molecule is COCOCc1coc(C)c1C. The van der Waals surface area contributed by atoms with Crippen molar-refractivity contribution >= 4 is 0 Å². The molecule has 12 heavy (non-hydrogen) atoms. The van der Waals surface area contributed by atoms with E-state index in [0.29, 0.717) is 13.4 Å². The largest absolute Gasteiger partial charge is 0.469 e. The zero-order valence-corrected chi connectivity index (χ0v) is 7.72. The van der Waals surface area contributed by atoms with Crippen LogP contribution in [0, 0.1) is 13.8 Å². The molecule has 0 spiro atoms. The fourth-order valence-corrected chi connectivity index (χ4v) is 0.940. The Morgan fingerprint density at radius 2 is 2.17 bits per heavy atom. The molecule has 0 radical (unpaired) electrons. The number of ether oxygens (including phenoxy) is 2. The Kier molecular flexibility index (Phi) is 3.31. The first-order chi connectivity index (χ1) is 5.75. The highest BCUT2D eigenvalue weighted by molar-refractivity contribution is 5.24. The minimum absolute atomic E-state index is 0.323. The smallest absolute Gasteiger partial charge is 0.146 e. The van der Waals surface area contributed by atoms with E-state index in [1.807, 2.05) is 13.8 Å². The predicted octanol–water partition coefficient (Wildman–Crippen LogP) is 2.02. The maximum Gasteiger partial charge on any atom is 0.146 e. The number of hydrogen-bond acceptors (Lipinski definition) is 3. The van der Waals surface area contributed by atoms with Crippen molar-refractivity contribution in [2.24, 2.45) is 0 Å². The van der Waals surface area contributed by atoms with Crippen LogP contribution in [0.5, 0.6) is 0 Å². The first-order valence-corrected chi connectivity index (χ1v) is 3.86. The lowest BCUT2D eigenvalue weighted by Gasteiger charge is -2.00. The molecule has 1 rings (SSSR count). The normalized spacial score (nSPS) is 10.6. The molecular weight excluding hydrogens is 156 g/mol. The van der Waals surface area contributed by atoms with Crippen molar-refractivity contribution in [2.75, 3.05) is 13.9 Å². The second-order valence-electron chi connectivity index (χ2n) is 2.70. The predicted molar refractivity (Wildman–Crippen MR) is 44.8 cm³/mol. The highest BCUT2D eigenvalue weighted by Crippen LogP contribution is 2.15. The third kappa shape index (κ3) is 2.09. The van der Waals surface area contributed by atoms with Crippen LogP contribution in [-0.4, -0.2) is 13.9 Å². The highest BCUT2D eigenvalue weighted by atomic mass is 16.7. The second kappa shape index (κ2) is 4.28. The topological polar surface area (TPSA) is 31.6 Å². The molecule has 0 aromatic carbocycles. The Morgan fingerprint density at radius 1 is 1.42 bits per heavy atom. The second-order valence-corrected chi connectivity index (χ2v) is 2.70. The van der Waals surface area contributed by atoms with Crippen LogP contribution >= 0.6 is 0 Å². The van der Waals surface area contributed by atoms with Gasteiger partial charge in [-0.1, -0.05) is 0 Å². The van der Waals surface area contributed by atoms with Gasteiger partial charge in [0.1, 0.15) is 12.6 Å². The van der Waals surface area contributed by atoms with Crippen LogP contribution in [0.4, 0.5) is 0 Å². The van der Waals surface area contributed by atoms with E-state index in [1.165, 1.54) is 0 Å². The van der Waals surface area contributed by atoms with E-state index in [0.717, 1.165) is 16.9 Å². The van der Waals surface area contributed by atoms with Crippen LogP contribution in [0.2, 0.25) is 0 Å². The van der Waals surface area contributed by atoms with Crippen molar-refractivity contribution in [1.82, 2.24) is 0 Å². The van der Waals surface area contributed by atoms with Crippen LogP contribution in [0.1, 0.15) is 16.9 Å². The molecule has 3 heteroatoms. The van der Waals surface area contributed by atoms with Crippen LogP contribution in [0.25, 0.3) is 0 Å². The van der Waals surface area contributed by atoms with Gasteiger partial charge in [0, 0.05) is 12.7 Å². The molecule has 0 bridgehead atoms. The van der Waals surface area contributed by atoms with E-state index >= 15 is 0 Å². The fourth-order valence-electron chi connectivity index (χ4n) is 0.940. The average Bonchev–Trinajstić information content (AvgIpc) is 2.36. The van der Waals surface area contributed by atoms with E-state index in [1.54, 1.807) is 13.4 Å². The van der Waals surface area contributed by atoms with Crippen molar-refractivity contribution in [3.8, 4) is 0 Å². The third-order valence-electron chi connectivity index (χ3n) is 1.85. The van der Waals surface area contributed by atoms with Gasteiger partial charge < -0.3 is 13.9 Å². The van der Waals surface area contributed by atoms with Gasteiger partial charge in [-0.3, -0.25) is 0 Å². The highest BCUT2D eigenvalue weighted by Gasteiger charge is 2.04. The zero-order chi connectivity index (χ0) is 8.97. The Hall–Kier alpha value is -0.800. The molecular formula is C9H14O3. The van der Waals surface area contributed by atoms with Gasteiger partial charge in [-0.2, -0.15) is 0 Å². The molecule has 0 saturated carbocycles. The molecule has 0 aliphatic heterocycles. The third-order valence-corrected chi connectivity index (χ3v) is 1.85. The quantitative estimate of drug-likeness (QED) is 0.511. The van der Waals surface area contributed by atoms with E-state index in [-0.39, 0.29) is 0 Å². The first kappa shape index (κ1) is 9.29. The van der Waals surface area contributed by atoms with Gasteiger partial charge >= 0.3 is 0 Å². The van der Waals surface area contributed by atoms with Crippen LogP contribution in [0.15, 0.2) is 10.7 Å². The monoisotopic (exact) mass is 170 g/mol. The molecule has 0 amide bonds. The molecule has 0 aliphatic rings. The summed E-state index contributed by atoms with van der Waals surface area (Å²) < 4.78 is 15.1. The van der Waals surface area contributed by atoms with E-state index < -0.39 is 0 Å². The van der Waals surface area contributed by atoms with Crippen LogP contribution in [0.3, 0.4) is 0 Å². The van der Waals surface area contributed by atoms with Gasteiger partial charge in [0.15, 0.2) is 0 Å². The van der Waals surface area contributed by atoms with E-state index in [2.05, 4.69) is 0 Å². The maximum atomic E-state index is 5.21. The molecule has 1 aromatic rings. The molecule has 0 N–H and O–H groups in total. The number of rotatable bonds is 4. The number of hydrogen-bond donors (Lipinski definition) is 0. The standard InChI is InChI=1S/C9H14O3/c1-7-8(2)12-5-9(7)4-11-6-10-3/h5H,4,6H2,1-3H3. The fraction of sp³-hybridized carbons (Fsp3) is 0.556. The molecule has 68 valence electrons. The van der Waals surface area contributed by atoms with Gasteiger partial charge in [-0.05, 0) is 19.4 Å². The lowest BCUT2D eigenvalue weighted by atomic mass is 10.2. The van der Waals surface area contributed by atoms with Gasteiger partial charge in [0.25, 0.3) is 0 Å². The Balaban J connectivity index is 2.46. The van der Waals surface area contributed by atoms with Gasteiger partial charge in [-0.15, -0.1) is 0 Å². The summed E-state index contributed by atoms with van der Waals surface area (Å²) in [6.07, 6.45) is 1.72. The molecule has 0 fully saturated rings. The summed E-state index contributed by atoms with van der Waals surface area (Å²) in [6, 6.07) is 0. The summed E-state index contributed by atoms with van der Waals surface area (Å²) in [5.41, 5.74) is 2.25. The van der Waals surface area contributed by atoms with Gasteiger partial charge in [0.2, 0.25) is 0 Å². The van der Waals surface area contributed by atoms with Crippen LogP contribution in [-0.2, 0) is 16.1 Å². The minimum atomic E-state index is 0.323. The van der Waals surface area contributed by atoms with Crippen molar-refractivity contribution < 1.29 is 13.9 Å². The Labute approximate surface area is 72.3 Å². The Bertz CT molecular complexity index is 240. The van der Waals surface area contributed by atoms with Crippen molar-refractivity contribution in [1.29, 1.82) is 0 Å². The van der Waals surface area contributed by atoms with Crippen molar-refractivity contribution in [3.63, 3.8) is 0 Å². The molecule has 1 aromatic heterocycles. The molecule has 0 saturated heterocycles. The summed E-state index contributed by atoms with van der Waals surface area (Å²) >= 11 is 0. The molecule has 1 heterocycles. The summed E-state index contributed by atoms with van der Waals surface area (Å²) in [5, 5.41) is 0. The molecule has 0 aliphatic carbocycles. The Morgan fingerprint density at radius 3 is 2.67 bits per heavy atom. The lowest BCUT2D eigenvalue weighted by molar-refractivity contribution is -0.0393. The lowest BCUT2D eigenvalue weighted by Crippen LogP contribution is -1.96. The van der Waals surface area contributed by atoms with Crippen LogP contribution < -0.4 is 0 Å². The summed E-state index contributed by atoms with van der Waals surface area (Å²) in [7, 11) is 1.60. The summed E-state index contributed by atoms with van der Waals surface area (Å²) in [4.78, 5) is 0. The zero-order valence-electron chi connectivity index (χ0n) is 7.72. The van der Waals surface area contributed by atoms with E-state index in [4.69, 9.17) is 13.9 Å². The number of aryl methyl sites for hydroxylation is 1. The van der Waals surface area contributed by atoms with Crippen molar-refractivity contribution in [2.45, 2.75) is 20.5 Å². The molecule has 0 atom stereocenters. The first-order valence-electron chi connectivity index (χ1n) is 3.86. The maximum absolute atomic E-state index is 5.21. The number of methoxy groups -OCH3 is 1. The summed E-state index contributed by atoms with van der Waals surface area (Å²) in [6.45, 7) is 4.83. The molecule has 3 nitrogen and oxygen atoms in total. The number of furan rings is 1.